The minimum Gasteiger partial charge on any atom is -0.359 e. The van der Waals surface area contributed by atoms with Gasteiger partial charge in [-0.05, 0) is 50.1 Å². The fourth-order valence-electron chi connectivity index (χ4n) is 3.80. The number of rotatable bonds is 10. The van der Waals surface area contributed by atoms with E-state index in [4.69, 9.17) is 9.47 Å². The number of hydroxylamine groups is 1. The normalized spacial score (nSPS) is 17.6. The van der Waals surface area contributed by atoms with Crippen molar-refractivity contribution < 1.29 is 19.5 Å². The van der Waals surface area contributed by atoms with Crippen LogP contribution in [0.15, 0.2) is 54.6 Å². The van der Waals surface area contributed by atoms with Gasteiger partial charge >= 0.3 is 0 Å². The summed E-state index contributed by atoms with van der Waals surface area (Å²) in [4.78, 5) is 14.5. The van der Waals surface area contributed by atoms with Crippen LogP contribution in [0.5, 0.6) is 0 Å². The van der Waals surface area contributed by atoms with Gasteiger partial charge in [0.15, 0.2) is 0 Å². The Morgan fingerprint density at radius 2 is 1.90 bits per heavy atom. The Hall–Kier alpha value is -2.45. The van der Waals surface area contributed by atoms with Crippen molar-refractivity contribution in [2.75, 3.05) is 38.6 Å². The molecule has 0 radical (unpaired) electrons. The van der Waals surface area contributed by atoms with E-state index in [1.807, 2.05) is 44.2 Å². The summed E-state index contributed by atoms with van der Waals surface area (Å²) in [6.45, 7) is 6.51. The van der Waals surface area contributed by atoms with Crippen molar-refractivity contribution in [2.45, 2.75) is 38.5 Å². The number of hydrogen-bond acceptors (Lipinski definition) is 6. The van der Waals surface area contributed by atoms with E-state index in [0.29, 0.717) is 24.6 Å². The second-order valence-electron chi connectivity index (χ2n) is 8.19. The van der Waals surface area contributed by atoms with Gasteiger partial charge in [-0.25, -0.2) is 5.06 Å². The number of anilines is 1. The molecule has 7 nitrogen and oxygen atoms in total. The van der Waals surface area contributed by atoms with Crippen LogP contribution in [0.4, 0.5) is 5.69 Å². The van der Waals surface area contributed by atoms with Crippen molar-refractivity contribution in [1.29, 1.82) is 0 Å². The smallest absolute Gasteiger partial charge is 0.251 e. The third-order valence-electron chi connectivity index (χ3n) is 5.38. The molecule has 1 aliphatic rings. The summed E-state index contributed by atoms with van der Waals surface area (Å²) in [5.74, 6) is -0.121. The first-order valence-electron chi connectivity index (χ1n) is 10.7. The van der Waals surface area contributed by atoms with E-state index in [9.17, 15) is 10.0 Å². The number of nitrogens with one attached hydrogen (secondary N) is 1. The van der Waals surface area contributed by atoms with Crippen LogP contribution in [0.3, 0.4) is 0 Å². The van der Waals surface area contributed by atoms with Gasteiger partial charge in [-0.3, -0.25) is 14.9 Å². The summed E-state index contributed by atoms with van der Waals surface area (Å²) in [7, 11) is 1.62. The van der Waals surface area contributed by atoms with Gasteiger partial charge in [-0.2, -0.15) is 0 Å². The van der Waals surface area contributed by atoms with Gasteiger partial charge in [0.25, 0.3) is 5.91 Å². The predicted molar refractivity (Wildman–Crippen MR) is 120 cm³/mol. The van der Waals surface area contributed by atoms with Gasteiger partial charge in [0.05, 0.1) is 17.8 Å². The quantitative estimate of drug-likeness (QED) is 0.447. The monoisotopic (exact) mass is 427 g/mol. The Morgan fingerprint density at radius 3 is 2.55 bits per heavy atom. The number of ether oxygens (including phenoxy) is 2. The highest BCUT2D eigenvalue weighted by Crippen LogP contribution is 2.28. The van der Waals surface area contributed by atoms with Crippen molar-refractivity contribution in [1.82, 2.24) is 10.2 Å². The highest BCUT2D eigenvalue weighted by molar-refractivity contribution is 5.94. The standard InChI is InChI=1S/C24H33N3O4/c1-18(2)25-24(28)20-9-11-21(12-10-20)27(29)23(19-7-5-4-6-8-19)16-26-14-13-22(15-26)31-17-30-3/h4-12,18,22-23,29H,13-17H2,1-3H3,(H,25,28)/t22-,23+/m0/s1. The van der Waals surface area contributed by atoms with E-state index < -0.39 is 0 Å². The Labute approximate surface area is 184 Å². The zero-order chi connectivity index (χ0) is 22.2. The molecule has 0 spiro atoms. The summed E-state index contributed by atoms with van der Waals surface area (Å²) in [5, 5.41) is 15.3. The van der Waals surface area contributed by atoms with E-state index in [1.54, 1.807) is 31.4 Å². The first-order chi connectivity index (χ1) is 15.0. The highest BCUT2D eigenvalue weighted by atomic mass is 16.7. The first kappa shape index (κ1) is 23.2. The van der Waals surface area contributed by atoms with Gasteiger partial charge in [-0.15, -0.1) is 0 Å². The molecule has 1 fully saturated rings. The molecule has 2 aromatic rings. The highest BCUT2D eigenvalue weighted by Gasteiger charge is 2.28. The lowest BCUT2D eigenvalue weighted by Gasteiger charge is -2.31. The molecule has 3 rings (SSSR count). The van der Waals surface area contributed by atoms with E-state index >= 15 is 0 Å². The minimum absolute atomic E-state index is 0.0705. The van der Waals surface area contributed by atoms with Crippen molar-refractivity contribution in [3.8, 4) is 0 Å². The molecule has 7 heteroatoms. The molecule has 168 valence electrons. The molecular formula is C24H33N3O4. The fourth-order valence-corrected chi connectivity index (χ4v) is 3.80. The maximum Gasteiger partial charge on any atom is 0.251 e. The Morgan fingerprint density at radius 1 is 1.19 bits per heavy atom. The summed E-state index contributed by atoms with van der Waals surface area (Å²) < 4.78 is 10.7. The molecule has 2 atom stereocenters. The topological polar surface area (TPSA) is 74.3 Å². The van der Waals surface area contributed by atoms with Gasteiger partial charge in [0, 0.05) is 38.3 Å². The maximum absolute atomic E-state index is 12.2. The second-order valence-corrected chi connectivity index (χ2v) is 8.19. The van der Waals surface area contributed by atoms with Crippen molar-refractivity contribution in [2.24, 2.45) is 0 Å². The molecule has 1 amide bonds. The van der Waals surface area contributed by atoms with Crippen LogP contribution in [-0.4, -0.2) is 61.7 Å². The molecule has 1 heterocycles. The molecule has 1 saturated heterocycles. The Balaban J connectivity index is 1.73. The number of likely N-dealkylation sites (tertiary alicyclic amines) is 1. The number of amides is 1. The number of nitrogens with zero attached hydrogens (tertiary/aromatic N) is 2. The predicted octanol–water partition coefficient (Wildman–Crippen LogP) is 3.46. The van der Waals surface area contributed by atoms with Crippen LogP contribution in [-0.2, 0) is 9.47 Å². The largest absolute Gasteiger partial charge is 0.359 e. The summed E-state index contributed by atoms with van der Waals surface area (Å²) in [6, 6.07) is 16.8. The van der Waals surface area contributed by atoms with Crippen LogP contribution in [0, 0.1) is 0 Å². The zero-order valence-corrected chi connectivity index (χ0v) is 18.5. The van der Waals surface area contributed by atoms with E-state index in [0.717, 1.165) is 25.1 Å². The fraction of sp³-hybridized carbons (Fsp3) is 0.458. The van der Waals surface area contributed by atoms with E-state index in [1.165, 1.54) is 5.06 Å². The molecule has 0 aromatic heterocycles. The molecule has 0 saturated carbocycles. The van der Waals surface area contributed by atoms with E-state index in [2.05, 4.69) is 10.2 Å². The number of hydrogen-bond donors (Lipinski definition) is 2. The molecule has 2 aromatic carbocycles. The molecule has 1 aliphatic heterocycles. The summed E-state index contributed by atoms with van der Waals surface area (Å²) in [5.41, 5.74) is 2.23. The third kappa shape index (κ3) is 6.51. The lowest BCUT2D eigenvalue weighted by Crippen LogP contribution is -2.36. The average Bonchev–Trinajstić information content (AvgIpc) is 3.23. The molecule has 0 aliphatic carbocycles. The number of carbonyl (C=O) groups excluding carboxylic acids is 1. The Bertz CT molecular complexity index is 813. The van der Waals surface area contributed by atoms with Crippen LogP contribution >= 0.6 is 0 Å². The maximum atomic E-state index is 12.2. The zero-order valence-electron chi connectivity index (χ0n) is 18.5. The lowest BCUT2D eigenvalue weighted by molar-refractivity contribution is -0.0672. The molecule has 0 bridgehead atoms. The van der Waals surface area contributed by atoms with Crippen LogP contribution in [0.1, 0.15) is 42.2 Å². The number of carbonyl (C=O) groups is 1. The van der Waals surface area contributed by atoms with Crippen LogP contribution in [0.2, 0.25) is 0 Å². The van der Waals surface area contributed by atoms with Crippen molar-refractivity contribution in [3.63, 3.8) is 0 Å². The molecule has 0 unspecified atom stereocenters. The summed E-state index contributed by atoms with van der Waals surface area (Å²) >= 11 is 0. The molecule has 2 N–H and O–H groups in total. The molecule has 31 heavy (non-hydrogen) atoms. The average molecular weight is 428 g/mol. The van der Waals surface area contributed by atoms with Crippen LogP contribution in [0.25, 0.3) is 0 Å². The van der Waals surface area contributed by atoms with Crippen molar-refractivity contribution >= 4 is 11.6 Å². The Kier molecular flexibility index (Phi) is 8.43. The third-order valence-corrected chi connectivity index (χ3v) is 5.38. The SMILES string of the molecule is COCO[C@H]1CCN(C[C@H](c2ccccc2)N(O)c2ccc(C(=O)NC(C)C)cc2)C1. The van der Waals surface area contributed by atoms with Gasteiger partial charge in [0.1, 0.15) is 6.79 Å². The van der Waals surface area contributed by atoms with Crippen LogP contribution < -0.4 is 10.4 Å². The number of methoxy groups -OCH3 is 1. The number of benzene rings is 2. The van der Waals surface area contributed by atoms with Gasteiger partial charge < -0.3 is 14.8 Å². The first-order valence-corrected chi connectivity index (χ1v) is 10.7. The van der Waals surface area contributed by atoms with Gasteiger partial charge in [-0.1, -0.05) is 30.3 Å². The lowest BCUT2D eigenvalue weighted by atomic mass is 10.0. The summed E-state index contributed by atoms with van der Waals surface area (Å²) in [6.07, 6.45) is 1.08. The van der Waals surface area contributed by atoms with Crippen molar-refractivity contribution in [3.05, 3.63) is 65.7 Å². The van der Waals surface area contributed by atoms with Gasteiger partial charge in [0.2, 0.25) is 0 Å². The second kappa shape index (κ2) is 11.2. The molecular weight excluding hydrogens is 394 g/mol. The minimum atomic E-state index is -0.252. The van der Waals surface area contributed by atoms with E-state index in [-0.39, 0.29) is 24.1 Å².